The van der Waals surface area contributed by atoms with Crippen LogP contribution in [0.15, 0.2) is 5.16 Å². The Balaban J connectivity index is 1.77. The second-order valence-corrected chi connectivity index (χ2v) is 5.40. The Hall–Kier alpha value is -1.36. The lowest BCUT2D eigenvalue weighted by Crippen LogP contribution is -2.34. The van der Waals surface area contributed by atoms with Crippen molar-refractivity contribution in [3.05, 3.63) is 0 Å². The topological polar surface area (TPSA) is 81.9 Å². The minimum atomic E-state index is -4.41. The van der Waals surface area contributed by atoms with Crippen LogP contribution in [-0.4, -0.2) is 57.3 Å². The van der Waals surface area contributed by atoms with Gasteiger partial charge in [-0.05, 0) is 23.3 Å². The molecule has 1 saturated heterocycles. The molecule has 0 radical (unpaired) electrons. The third-order valence-electron chi connectivity index (χ3n) is 2.72. The molecule has 0 spiro atoms. The van der Waals surface area contributed by atoms with E-state index < -0.39 is 18.6 Å². The smallest absolute Gasteiger partial charge is 0.376 e. The number of thioether (sulfide) groups is 1. The summed E-state index contributed by atoms with van der Waals surface area (Å²) in [7, 11) is 0. The normalized spacial score (nSPS) is 18.9. The molecule has 7 nitrogen and oxygen atoms in total. The van der Waals surface area contributed by atoms with Gasteiger partial charge in [-0.25, -0.2) is 4.68 Å². The molecule has 21 heavy (non-hydrogen) atoms. The molecular formula is C10H14F3N5O2S. The lowest BCUT2D eigenvalue weighted by Gasteiger charge is -2.10. The second kappa shape index (κ2) is 7.07. The number of carbonyl (C=O) groups is 1. The Kier molecular flexibility index (Phi) is 5.39. The summed E-state index contributed by atoms with van der Waals surface area (Å²) in [6, 6.07) is 0. The predicted octanol–water partition coefficient (Wildman–Crippen LogP) is 0.623. The van der Waals surface area contributed by atoms with Crippen molar-refractivity contribution in [2.45, 2.75) is 36.8 Å². The Morgan fingerprint density at radius 2 is 2.33 bits per heavy atom. The van der Waals surface area contributed by atoms with Gasteiger partial charge in [0.1, 0.15) is 6.54 Å². The van der Waals surface area contributed by atoms with E-state index in [1.165, 1.54) is 4.68 Å². The molecule has 1 N–H and O–H groups in total. The quantitative estimate of drug-likeness (QED) is 0.772. The van der Waals surface area contributed by atoms with Gasteiger partial charge in [-0.1, -0.05) is 11.8 Å². The third-order valence-corrected chi connectivity index (χ3v) is 3.68. The number of tetrazole rings is 1. The van der Waals surface area contributed by atoms with E-state index in [-0.39, 0.29) is 11.9 Å². The Morgan fingerprint density at radius 3 is 3.00 bits per heavy atom. The highest BCUT2D eigenvalue weighted by molar-refractivity contribution is 7.99. The molecule has 0 bridgehead atoms. The highest BCUT2D eigenvalue weighted by atomic mass is 32.2. The van der Waals surface area contributed by atoms with Crippen LogP contribution in [0, 0.1) is 0 Å². The largest absolute Gasteiger partial charge is 0.405 e. The van der Waals surface area contributed by atoms with Gasteiger partial charge in [-0.15, -0.1) is 5.10 Å². The number of aromatic nitrogens is 4. The molecule has 11 heteroatoms. The SMILES string of the molecule is O=C(CSc1nnnn1CC1CCCO1)NCC(F)(F)F. The molecule has 1 aromatic heterocycles. The van der Waals surface area contributed by atoms with Crippen LogP contribution in [-0.2, 0) is 16.1 Å². The Bertz CT molecular complexity index is 476. The summed E-state index contributed by atoms with van der Waals surface area (Å²) in [6.45, 7) is -0.165. The number of nitrogens with one attached hydrogen (secondary N) is 1. The molecule has 0 aromatic carbocycles. The Labute approximate surface area is 122 Å². The first-order valence-electron chi connectivity index (χ1n) is 6.28. The first kappa shape index (κ1) is 16.0. The van der Waals surface area contributed by atoms with Crippen LogP contribution < -0.4 is 5.32 Å². The van der Waals surface area contributed by atoms with Crippen LogP contribution in [0.25, 0.3) is 0 Å². The molecule has 2 heterocycles. The van der Waals surface area contributed by atoms with E-state index in [0.29, 0.717) is 18.3 Å². The zero-order valence-corrected chi connectivity index (χ0v) is 11.8. The van der Waals surface area contributed by atoms with Gasteiger partial charge in [0.05, 0.1) is 18.4 Å². The van der Waals surface area contributed by atoms with Crippen molar-refractivity contribution in [1.29, 1.82) is 0 Å². The lowest BCUT2D eigenvalue weighted by molar-refractivity contribution is -0.136. The van der Waals surface area contributed by atoms with Crippen molar-refractivity contribution in [2.75, 3.05) is 18.9 Å². The third kappa shape index (κ3) is 5.50. The van der Waals surface area contributed by atoms with E-state index in [4.69, 9.17) is 4.74 Å². The number of carbonyl (C=O) groups excluding carboxylic acids is 1. The molecule has 0 aliphatic carbocycles. The van der Waals surface area contributed by atoms with Crippen LogP contribution in [0.5, 0.6) is 0 Å². The molecule has 1 unspecified atom stereocenters. The number of hydrogen-bond donors (Lipinski definition) is 1. The van der Waals surface area contributed by atoms with Crippen molar-refractivity contribution < 1.29 is 22.7 Å². The molecule has 1 atom stereocenters. The van der Waals surface area contributed by atoms with Gasteiger partial charge in [0.2, 0.25) is 11.1 Å². The van der Waals surface area contributed by atoms with Gasteiger partial charge in [-0.2, -0.15) is 13.2 Å². The second-order valence-electron chi connectivity index (χ2n) is 4.46. The fourth-order valence-electron chi connectivity index (χ4n) is 1.78. The Morgan fingerprint density at radius 1 is 1.52 bits per heavy atom. The molecular weight excluding hydrogens is 311 g/mol. The van der Waals surface area contributed by atoms with Crippen LogP contribution in [0.3, 0.4) is 0 Å². The van der Waals surface area contributed by atoms with Crippen LogP contribution in [0.1, 0.15) is 12.8 Å². The summed E-state index contributed by atoms with van der Waals surface area (Å²) < 4.78 is 42.8. The van der Waals surface area contributed by atoms with Crippen molar-refractivity contribution in [1.82, 2.24) is 25.5 Å². The summed E-state index contributed by atoms with van der Waals surface area (Å²) in [5, 5.41) is 13.2. The van der Waals surface area contributed by atoms with Crippen molar-refractivity contribution in [2.24, 2.45) is 0 Å². The van der Waals surface area contributed by atoms with E-state index >= 15 is 0 Å². The molecule has 1 aliphatic rings. The van der Waals surface area contributed by atoms with E-state index in [1.54, 1.807) is 5.32 Å². The molecule has 1 fully saturated rings. The minimum Gasteiger partial charge on any atom is -0.376 e. The van der Waals surface area contributed by atoms with Crippen molar-refractivity contribution in [3.8, 4) is 0 Å². The van der Waals surface area contributed by atoms with Gasteiger partial charge >= 0.3 is 6.18 Å². The van der Waals surface area contributed by atoms with E-state index in [2.05, 4.69) is 15.5 Å². The fraction of sp³-hybridized carbons (Fsp3) is 0.800. The molecule has 1 aromatic rings. The standard InChI is InChI=1S/C10H14F3N5O2S/c11-10(12,13)6-14-8(19)5-21-9-15-16-17-18(9)4-7-2-1-3-20-7/h7H,1-6H2,(H,14,19). The van der Waals surface area contributed by atoms with E-state index in [9.17, 15) is 18.0 Å². The lowest BCUT2D eigenvalue weighted by atomic mass is 10.2. The maximum absolute atomic E-state index is 11.9. The van der Waals surface area contributed by atoms with Gasteiger partial charge in [0.15, 0.2) is 0 Å². The van der Waals surface area contributed by atoms with Crippen LogP contribution >= 0.6 is 11.8 Å². The first-order valence-corrected chi connectivity index (χ1v) is 7.26. The maximum atomic E-state index is 11.9. The summed E-state index contributed by atoms with van der Waals surface area (Å²) in [4.78, 5) is 11.3. The van der Waals surface area contributed by atoms with E-state index in [1.807, 2.05) is 0 Å². The highest BCUT2D eigenvalue weighted by Crippen LogP contribution is 2.18. The minimum absolute atomic E-state index is 0.0342. The monoisotopic (exact) mass is 325 g/mol. The van der Waals surface area contributed by atoms with Crippen molar-refractivity contribution in [3.63, 3.8) is 0 Å². The number of hydrogen-bond acceptors (Lipinski definition) is 6. The highest BCUT2D eigenvalue weighted by Gasteiger charge is 2.27. The molecule has 2 rings (SSSR count). The van der Waals surface area contributed by atoms with Gasteiger partial charge in [0.25, 0.3) is 0 Å². The van der Waals surface area contributed by atoms with Crippen molar-refractivity contribution >= 4 is 17.7 Å². The van der Waals surface area contributed by atoms with Crippen LogP contribution in [0.4, 0.5) is 13.2 Å². The van der Waals surface area contributed by atoms with Gasteiger partial charge < -0.3 is 10.1 Å². The number of nitrogens with zero attached hydrogens (tertiary/aromatic N) is 4. The molecule has 1 aliphatic heterocycles. The number of halogens is 3. The van der Waals surface area contributed by atoms with Crippen LogP contribution in [0.2, 0.25) is 0 Å². The average Bonchev–Trinajstić information content (AvgIpc) is 3.05. The average molecular weight is 325 g/mol. The number of rotatable bonds is 6. The summed E-state index contributed by atoms with van der Waals surface area (Å²) >= 11 is 0.988. The number of amides is 1. The zero-order valence-electron chi connectivity index (χ0n) is 11.0. The zero-order chi connectivity index (χ0) is 15.3. The number of alkyl halides is 3. The molecule has 1 amide bonds. The fourth-order valence-corrected chi connectivity index (χ4v) is 2.49. The molecule has 118 valence electrons. The summed E-state index contributed by atoms with van der Waals surface area (Å²) in [6.07, 6.45) is -2.49. The van der Waals surface area contributed by atoms with E-state index in [0.717, 1.165) is 24.6 Å². The summed E-state index contributed by atoms with van der Waals surface area (Å²) in [5.41, 5.74) is 0. The molecule has 0 saturated carbocycles. The first-order chi connectivity index (χ1) is 9.94. The number of ether oxygens (including phenoxy) is 1. The van der Waals surface area contributed by atoms with Gasteiger partial charge in [-0.3, -0.25) is 4.79 Å². The summed E-state index contributed by atoms with van der Waals surface area (Å²) in [5.74, 6) is -0.897. The predicted molar refractivity (Wildman–Crippen MR) is 66.6 cm³/mol. The van der Waals surface area contributed by atoms with Gasteiger partial charge in [0, 0.05) is 6.61 Å². The maximum Gasteiger partial charge on any atom is 0.405 e.